The minimum absolute atomic E-state index is 0.0369. The summed E-state index contributed by atoms with van der Waals surface area (Å²) in [5.41, 5.74) is 0.684. The van der Waals surface area contributed by atoms with Crippen molar-refractivity contribution >= 4 is 40.0 Å². The normalized spacial score (nSPS) is 17.2. The maximum Gasteiger partial charge on any atom is 0.433 e. The fraction of sp³-hybridized carbons (Fsp3) is 0.348. The van der Waals surface area contributed by atoms with E-state index in [0.29, 0.717) is 35.3 Å². The molecule has 1 aliphatic heterocycles. The molecule has 2 N–H and O–H groups in total. The van der Waals surface area contributed by atoms with Gasteiger partial charge in [0.05, 0.1) is 24.6 Å². The lowest BCUT2D eigenvalue weighted by molar-refractivity contribution is -0.147. The number of nitrogens with zero attached hydrogens (tertiary/aromatic N) is 8. The van der Waals surface area contributed by atoms with Gasteiger partial charge in [0.25, 0.3) is 0 Å². The largest absolute Gasteiger partial charge is 0.450 e. The van der Waals surface area contributed by atoms with Crippen LogP contribution in [0.15, 0.2) is 37.1 Å². The Labute approximate surface area is 217 Å². The minimum Gasteiger partial charge on any atom is -0.450 e. The van der Waals surface area contributed by atoms with Crippen LogP contribution >= 0.6 is 11.6 Å². The van der Waals surface area contributed by atoms with Crippen molar-refractivity contribution in [3.63, 3.8) is 0 Å². The SMILES string of the molecule is Cn1c(Nc2cc(C(F)(F)F)n(C3CC4(CNC4)C3)n2)nc2ncc(Oc3cnn4ccncc34)c(Cl)c21. The number of rotatable bonds is 5. The van der Waals surface area contributed by atoms with Crippen molar-refractivity contribution in [2.24, 2.45) is 12.5 Å². The molecular weight excluding hydrogens is 525 g/mol. The number of hydrogen-bond acceptors (Lipinski definition) is 8. The molecule has 38 heavy (non-hydrogen) atoms. The molecule has 2 fully saturated rings. The van der Waals surface area contributed by atoms with E-state index in [-0.39, 0.29) is 34.0 Å². The number of pyridine rings is 1. The van der Waals surface area contributed by atoms with Crippen molar-refractivity contribution in [3.8, 4) is 11.5 Å². The van der Waals surface area contributed by atoms with E-state index in [4.69, 9.17) is 16.3 Å². The third-order valence-corrected chi connectivity index (χ3v) is 7.63. The molecule has 5 aromatic heterocycles. The summed E-state index contributed by atoms with van der Waals surface area (Å²) in [4.78, 5) is 12.8. The van der Waals surface area contributed by atoms with Gasteiger partial charge in [0.1, 0.15) is 21.7 Å². The van der Waals surface area contributed by atoms with Crippen LogP contribution in [0.3, 0.4) is 0 Å². The van der Waals surface area contributed by atoms with Crippen LogP contribution in [0.25, 0.3) is 16.7 Å². The molecule has 196 valence electrons. The third kappa shape index (κ3) is 3.58. The highest BCUT2D eigenvalue weighted by molar-refractivity contribution is 6.36. The van der Waals surface area contributed by atoms with Crippen LogP contribution in [0, 0.1) is 5.41 Å². The van der Waals surface area contributed by atoms with E-state index in [1.165, 1.54) is 12.4 Å². The van der Waals surface area contributed by atoms with Crippen molar-refractivity contribution in [3.05, 3.63) is 47.8 Å². The summed E-state index contributed by atoms with van der Waals surface area (Å²) in [5, 5.41) is 14.8. The first kappa shape index (κ1) is 23.2. The highest BCUT2D eigenvalue weighted by Gasteiger charge is 2.51. The molecule has 15 heteroatoms. The second-order valence-corrected chi connectivity index (χ2v) is 10.1. The molecule has 0 amide bonds. The van der Waals surface area contributed by atoms with E-state index in [1.807, 2.05) is 0 Å². The Balaban J connectivity index is 1.19. The van der Waals surface area contributed by atoms with Gasteiger partial charge < -0.3 is 19.9 Å². The van der Waals surface area contributed by atoms with Gasteiger partial charge in [-0.15, -0.1) is 0 Å². The molecule has 7 rings (SSSR count). The smallest absolute Gasteiger partial charge is 0.433 e. The first-order chi connectivity index (χ1) is 18.2. The fourth-order valence-electron chi connectivity index (χ4n) is 5.25. The van der Waals surface area contributed by atoms with Crippen LogP contribution in [-0.4, -0.2) is 52.0 Å². The zero-order valence-electron chi connectivity index (χ0n) is 19.9. The molecule has 0 aromatic carbocycles. The Bertz CT molecular complexity index is 1700. The van der Waals surface area contributed by atoms with Crippen LogP contribution in [0.2, 0.25) is 5.02 Å². The van der Waals surface area contributed by atoms with E-state index < -0.39 is 11.9 Å². The maximum absolute atomic E-state index is 13.8. The van der Waals surface area contributed by atoms with Crippen molar-refractivity contribution in [1.29, 1.82) is 0 Å². The van der Waals surface area contributed by atoms with Gasteiger partial charge in [-0.05, 0) is 18.3 Å². The van der Waals surface area contributed by atoms with E-state index >= 15 is 0 Å². The zero-order chi connectivity index (χ0) is 26.2. The van der Waals surface area contributed by atoms with Gasteiger partial charge in [-0.1, -0.05) is 11.6 Å². The van der Waals surface area contributed by atoms with Crippen molar-refractivity contribution in [2.45, 2.75) is 25.1 Å². The Hall–Kier alpha value is -3.91. The summed E-state index contributed by atoms with van der Waals surface area (Å²) in [5.74, 6) is 0.969. The standard InChI is InChI=1S/C23H20ClF3N10O/c1-35-19-18(24)15(38-14-9-31-36-3-2-28-7-13(14)36)8-30-20(19)33-21(35)32-17-4-16(23(25,26)27)37(34-17)12-5-22(6-12)10-29-11-22/h2-4,7-9,12,29H,5-6,10-11H2,1H3,(H,30,32,33,34). The number of anilines is 2. The van der Waals surface area contributed by atoms with Gasteiger partial charge in [-0.25, -0.2) is 9.50 Å². The first-order valence-electron chi connectivity index (χ1n) is 11.8. The lowest BCUT2D eigenvalue weighted by atomic mass is 9.61. The van der Waals surface area contributed by atoms with Gasteiger partial charge in [0.2, 0.25) is 5.95 Å². The lowest BCUT2D eigenvalue weighted by Crippen LogP contribution is -2.60. The van der Waals surface area contributed by atoms with Crippen LogP contribution in [-0.2, 0) is 13.2 Å². The van der Waals surface area contributed by atoms with E-state index in [9.17, 15) is 13.2 Å². The summed E-state index contributed by atoms with van der Waals surface area (Å²) < 4.78 is 51.8. The fourth-order valence-corrected chi connectivity index (χ4v) is 5.54. The molecule has 2 aliphatic rings. The molecule has 0 bridgehead atoms. The Kier molecular flexibility index (Phi) is 4.92. The quantitative estimate of drug-likeness (QED) is 0.336. The van der Waals surface area contributed by atoms with Gasteiger partial charge in [0.15, 0.2) is 23.0 Å². The van der Waals surface area contributed by atoms with Crippen molar-refractivity contribution in [1.82, 2.24) is 44.2 Å². The molecule has 0 unspecified atom stereocenters. The summed E-state index contributed by atoms with van der Waals surface area (Å²) >= 11 is 6.66. The molecule has 1 saturated heterocycles. The van der Waals surface area contributed by atoms with E-state index in [0.717, 1.165) is 23.8 Å². The number of aryl methyl sites for hydroxylation is 1. The molecule has 6 heterocycles. The molecule has 0 radical (unpaired) electrons. The highest BCUT2D eigenvalue weighted by Crippen LogP contribution is 2.52. The van der Waals surface area contributed by atoms with Crippen molar-refractivity contribution in [2.75, 3.05) is 18.4 Å². The Morgan fingerprint density at radius 3 is 2.74 bits per heavy atom. The number of halogens is 4. The van der Waals surface area contributed by atoms with Crippen LogP contribution in [0.1, 0.15) is 24.6 Å². The van der Waals surface area contributed by atoms with Gasteiger partial charge >= 0.3 is 6.18 Å². The van der Waals surface area contributed by atoms with Gasteiger partial charge in [-0.3, -0.25) is 9.67 Å². The van der Waals surface area contributed by atoms with Crippen LogP contribution < -0.4 is 15.4 Å². The number of imidazole rings is 1. The monoisotopic (exact) mass is 544 g/mol. The number of aromatic nitrogens is 8. The molecule has 5 aromatic rings. The summed E-state index contributed by atoms with van der Waals surface area (Å²) in [6.07, 6.45) is 4.66. The van der Waals surface area contributed by atoms with Gasteiger partial charge in [0, 0.05) is 38.6 Å². The maximum atomic E-state index is 13.8. The number of alkyl halides is 3. The molecular formula is C23H20ClF3N10O. The summed E-state index contributed by atoms with van der Waals surface area (Å²) in [7, 11) is 1.68. The average Bonchev–Trinajstić information content (AvgIpc) is 3.51. The van der Waals surface area contributed by atoms with Gasteiger partial charge in [-0.2, -0.15) is 28.4 Å². The molecule has 1 spiro atoms. The number of hydrogen-bond donors (Lipinski definition) is 2. The average molecular weight is 545 g/mol. The predicted molar refractivity (Wildman–Crippen MR) is 131 cm³/mol. The number of ether oxygens (including phenoxy) is 1. The van der Waals surface area contributed by atoms with E-state index in [2.05, 4.69) is 35.8 Å². The molecule has 11 nitrogen and oxygen atoms in total. The lowest BCUT2D eigenvalue weighted by Gasteiger charge is -2.54. The molecule has 1 saturated carbocycles. The second-order valence-electron chi connectivity index (χ2n) is 9.77. The summed E-state index contributed by atoms with van der Waals surface area (Å²) in [6, 6.07) is 0.710. The third-order valence-electron chi connectivity index (χ3n) is 7.26. The number of nitrogens with one attached hydrogen (secondary N) is 2. The highest BCUT2D eigenvalue weighted by atomic mass is 35.5. The topological polar surface area (TPSA) is 112 Å². The predicted octanol–water partition coefficient (Wildman–Crippen LogP) is 4.34. The van der Waals surface area contributed by atoms with Crippen LogP contribution in [0.4, 0.5) is 24.9 Å². The van der Waals surface area contributed by atoms with E-state index in [1.54, 1.807) is 34.7 Å². The zero-order valence-corrected chi connectivity index (χ0v) is 20.6. The molecule has 1 aliphatic carbocycles. The summed E-state index contributed by atoms with van der Waals surface area (Å²) in [6.45, 7) is 1.68. The minimum atomic E-state index is -4.54. The Morgan fingerprint density at radius 2 is 2.00 bits per heavy atom. The number of fused-ring (bicyclic) bond motifs is 2. The Morgan fingerprint density at radius 1 is 1.18 bits per heavy atom. The molecule has 0 atom stereocenters. The first-order valence-corrected chi connectivity index (χ1v) is 12.2. The second kappa shape index (κ2) is 8.04. The van der Waals surface area contributed by atoms with Crippen LogP contribution in [0.5, 0.6) is 11.5 Å². The van der Waals surface area contributed by atoms with Crippen molar-refractivity contribution < 1.29 is 17.9 Å².